The fraction of sp³-hybridized carbons (Fsp3) is 0.632. The van der Waals surface area contributed by atoms with Gasteiger partial charge in [-0.3, -0.25) is 4.79 Å². The lowest BCUT2D eigenvalue weighted by atomic mass is 9.89. The van der Waals surface area contributed by atoms with Crippen molar-refractivity contribution in [3.05, 3.63) is 29.8 Å². The molecule has 2 heterocycles. The summed E-state index contributed by atoms with van der Waals surface area (Å²) in [5, 5.41) is 0. The number of amides is 1. The van der Waals surface area contributed by atoms with Gasteiger partial charge in [0.15, 0.2) is 0 Å². The summed E-state index contributed by atoms with van der Waals surface area (Å²) in [5.74, 6) is 0.259. The van der Waals surface area contributed by atoms with Crippen LogP contribution in [0.15, 0.2) is 29.2 Å². The van der Waals surface area contributed by atoms with Gasteiger partial charge >= 0.3 is 0 Å². The normalized spacial score (nSPS) is 21.4. The molecule has 0 spiro atoms. The van der Waals surface area contributed by atoms with Crippen LogP contribution in [0.3, 0.4) is 0 Å². The molecular formula is C19H29N3O4S. The van der Waals surface area contributed by atoms with E-state index in [2.05, 4.69) is 13.8 Å². The number of nitrogens with two attached hydrogens (primary N) is 1. The summed E-state index contributed by atoms with van der Waals surface area (Å²) < 4.78 is 32.5. The van der Waals surface area contributed by atoms with Crippen LogP contribution in [0.2, 0.25) is 0 Å². The molecule has 3 rings (SSSR count). The van der Waals surface area contributed by atoms with E-state index in [0.717, 1.165) is 5.56 Å². The SMILES string of the molecule is CC(C)c1ccc(S(=O)(=O)N2CCN(C(=O)C3(N)CCOCC3)CC2)cc1. The molecule has 7 nitrogen and oxygen atoms in total. The summed E-state index contributed by atoms with van der Waals surface area (Å²) in [7, 11) is -3.55. The molecule has 0 aromatic heterocycles. The van der Waals surface area contributed by atoms with Crippen molar-refractivity contribution in [1.82, 2.24) is 9.21 Å². The van der Waals surface area contributed by atoms with Crippen LogP contribution in [0.4, 0.5) is 0 Å². The van der Waals surface area contributed by atoms with Gasteiger partial charge in [0.2, 0.25) is 15.9 Å². The number of hydrogen-bond acceptors (Lipinski definition) is 5. The Labute approximate surface area is 161 Å². The third-order valence-corrected chi connectivity index (χ3v) is 7.43. The van der Waals surface area contributed by atoms with Gasteiger partial charge in [-0.05, 0) is 36.5 Å². The van der Waals surface area contributed by atoms with E-state index in [4.69, 9.17) is 10.5 Å². The number of carbonyl (C=O) groups excluding carboxylic acids is 1. The van der Waals surface area contributed by atoms with Crippen molar-refractivity contribution >= 4 is 15.9 Å². The quantitative estimate of drug-likeness (QED) is 0.826. The molecule has 2 saturated heterocycles. The number of carbonyl (C=O) groups is 1. The minimum absolute atomic E-state index is 0.0934. The van der Waals surface area contributed by atoms with Gasteiger partial charge in [-0.25, -0.2) is 8.42 Å². The van der Waals surface area contributed by atoms with Crippen molar-refractivity contribution in [3.8, 4) is 0 Å². The van der Waals surface area contributed by atoms with Gasteiger partial charge in [0.1, 0.15) is 0 Å². The lowest BCUT2D eigenvalue weighted by Crippen LogP contribution is -2.61. The molecule has 1 aromatic rings. The Morgan fingerprint density at radius 1 is 1.07 bits per heavy atom. The van der Waals surface area contributed by atoms with Gasteiger partial charge in [0.25, 0.3) is 0 Å². The molecule has 0 saturated carbocycles. The smallest absolute Gasteiger partial charge is 0.243 e. The molecule has 0 radical (unpaired) electrons. The van der Waals surface area contributed by atoms with E-state index in [1.807, 2.05) is 12.1 Å². The Kier molecular flexibility index (Phi) is 5.90. The second-order valence-corrected chi connectivity index (χ2v) is 9.63. The minimum atomic E-state index is -3.55. The number of piperazine rings is 1. The van der Waals surface area contributed by atoms with Gasteiger partial charge in [0, 0.05) is 39.4 Å². The maximum atomic E-state index is 12.9. The minimum Gasteiger partial charge on any atom is -0.381 e. The summed E-state index contributed by atoms with van der Waals surface area (Å²) in [5.41, 5.74) is 6.50. The van der Waals surface area contributed by atoms with Crippen LogP contribution in [-0.4, -0.2) is 68.5 Å². The first-order valence-electron chi connectivity index (χ1n) is 9.50. The van der Waals surface area contributed by atoms with E-state index in [-0.39, 0.29) is 19.0 Å². The Balaban J connectivity index is 1.65. The van der Waals surface area contributed by atoms with Crippen LogP contribution in [0.25, 0.3) is 0 Å². The van der Waals surface area contributed by atoms with Crippen molar-refractivity contribution < 1.29 is 17.9 Å². The first-order chi connectivity index (χ1) is 12.7. The monoisotopic (exact) mass is 395 g/mol. The third kappa shape index (κ3) is 4.18. The molecule has 2 aliphatic rings. The topological polar surface area (TPSA) is 92.9 Å². The van der Waals surface area contributed by atoms with E-state index in [1.54, 1.807) is 17.0 Å². The number of hydrogen-bond donors (Lipinski definition) is 1. The first kappa shape index (κ1) is 20.3. The molecule has 1 aromatic carbocycles. The van der Waals surface area contributed by atoms with Crippen LogP contribution in [0.5, 0.6) is 0 Å². The van der Waals surface area contributed by atoms with Crippen molar-refractivity contribution in [2.75, 3.05) is 39.4 Å². The molecule has 150 valence electrons. The van der Waals surface area contributed by atoms with E-state index in [0.29, 0.717) is 50.0 Å². The summed E-state index contributed by atoms with van der Waals surface area (Å²) in [4.78, 5) is 14.8. The number of nitrogens with zero attached hydrogens (tertiary/aromatic N) is 2. The summed E-state index contributed by atoms with van der Waals surface area (Å²) in [6, 6.07) is 7.06. The van der Waals surface area contributed by atoms with E-state index in [1.165, 1.54) is 4.31 Å². The highest BCUT2D eigenvalue weighted by atomic mass is 32.2. The lowest BCUT2D eigenvalue weighted by molar-refractivity contribution is -0.141. The van der Waals surface area contributed by atoms with Crippen molar-refractivity contribution in [3.63, 3.8) is 0 Å². The maximum absolute atomic E-state index is 12.9. The molecule has 0 bridgehead atoms. The van der Waals surface area contributed by atoms with Crippen molar-refractivity contribution in [1.29, 1.82) is 0 Å². The molecule has 1 amide bonds. The Bertz CT molecular complexity index is 763. The predicted molar refractivity (Wildman–Crippen MR) is 103 cm³/mol. The van der Waals surface area contributed by atoms with E-state index >= 15 is 0 Å². The first-order valence-corrected chi connectivity index (χ1v) is 10.9. The van der Waals surface area contributed by atoms with Gasteiger partial charge in [-0.15, -0.1) is 0 Å². The fourth-order valence-electron chi connectivity index (χ4n) is 3.57. The highest BCUT2D eigenvalue weighted by Gasteiger charge is 2.40. The number of sulfonamides is 1. The predicted octanol–water partition coefficient (Wildman–Crippen LogP) is 1.15. The Hall–Kier alpha value is -1.48. The zero-order valence-corrected chi connectivity index (χ0v) is 16.9. The Morgan fingerprint density at radius 2 is 1.63 bits per heavy atom. The summed E-state index contributed by atoms with van der Waals surface area (Å²) in [6.07, 6.45) is 1.01. The van der Waals surface area contributed by atoms with Crippen molar-refractivity contribution in [2.24, 2.45) is 5.73 Å². The highest BCUT2D eigenvalue weighted by Crippen LogP contribution is 2.24. The van der Waals surface area contributed by atoms with Crippen LogP contribution < -0.4 is 5.73 Å². The average molecular weight is 396 g/mol. The fourth-order valence-corrected chi connectivity index (χ4v) is 4.99. The molecular weight excluding hydrogens is 366 g/mol. The largest absolute Gasteiger partial charge is 0.381 e. The van der Waals surface area contributed by atoms with Gasteiger partial charge in [-0.1, -0.05) is 26.0 Å². The van der Waals surface area contributed by atoms with Crippen molar-refractivity contribution in [2.45, 2.75) is 43.0 Å². The molecule has 8 heteroatoms. The second-order valence-electron chi connectivity index (χ2n) is 7.69. The van der Waals surface area contributed by atoms with Gasteiger partial charge < -0.3 is 15.4 Å². The lowest BCUT2D eigenvalue weighted by Gasteiger charge is -2.40. The zero-order valence-electron chi connectivity index (χ0n) is 16.1. The zero-order chi connectivity index (χ0) is 19.7. The molecule has 0 aliphatic carbocycles. The van der Waals surface area contributed by atoms with E-state index < -0.39 is 15.6 Å². The number of ether oxygens (including phenoxy) is 1. The summed E-state index contributed by atoms with van der Waals surface area (Å²) in [6.45, 7) is 6.42. The molecule has 2 N–H and O–H groups in total. The van der Waals surface area contributed by atoms with Gasteiger partial charge in [-0.2, -0.15) is 4.31 Å². The Morgan fingerprint density at radius 3 is 2.15 bits per heavy atom. The maximum Gasteiger partial charge on any atom is 0.243 e. The molecule has 0 unspecified atom stereocenters. The molecule has 0 atom stereocenters. The number of rotatable bonds is 4. The number of benzene rings is 1. The molecule has 2 aliphatic heterocycles. The van der Waals surface area contributed by atoms with Crippen LogP contribution in [0.1, 0.15) is 38.2 Å². The molecule has 27 heavy (non-hydrogen) atoms. The van der Waals surface area contributed by atoms with Gasteiger partial charge in [0.05, 0.1) is 10.4 Å². The van der Waals surface area contributed by atoms with Crippen LogP contribution in [0, 0.1) is 0 Å². The van der Waals surface area contributed by atoms with Crippen LogP contribution >= 0.6 is 0 Å². The van der Waals surface area contributed by atoms with Crippen LogP contribution in [-0.2, 0) is 19.6 Å². The van der Waals surface area contributed by atoms with E-state index in [9.17, 15) is 13.2 Å². The molecule has 2 fully saturated rings. The standard InChI is InChI=1S/C19H29N3O4S/c1-15(2)16-3-5-17(6-4-16)27(24,25)22-11-9-21(10-12-22)18(23)19(20)7-13-26-14-8-19/h3-6,15H,7-14,20H2,1-2H3. The highest BCUT2D eigenvalue weighted by molar-refractivity contribution is 7.89. The second kappa shape index (κ2) is 7.87. The average Bonchev–Trinajstić information content (AvgIpc) is 2.68. The third-order valence-electron chi connectivity index (χ3n) is 5.52. The summed E-state index contributed by atoms with van der Waals surface area (Å²) >= 11 is 0.